The molecule has 1 N–H and O–H groups in total. The summed E-state index contributed by atoms with van der Waals surface area (Å²) in [5.41, 5.74) is 3.41. The highest BCUT2D eigenvalue weighted by atomic mass is 32.2. The van der Waals surface area contributed by atoms with Crippen LogP contribution in [-0.2, 0) is 10.0 Å². The topological polar surface area (TPSA) is 66.8 Å². The molecule has 0 amide bonds. The van der Waals surface area contributed by atoms with Crippen LogP contribution in [0.25, 0.3) is 0 Å². The van der Waals surface area contributed by atoms with Crippen LogP contribution in [0, 0.1) is 20.8 Å². The van der Waals surface area contributed by atoms with Gasteiger partial charge in [-0.2, -0.15) is 0 Å². The van der Waals surface area contributed by atoms with Gasteiger partial charge in [-0.05, 0) is 44.0 Å². The lowest BCUT2D eigenvalue weighted by molar-refractivity contribution is 0.115. The van der Waals surface area contributed by atoms with E-state index in [4.69, 9.17) is 4.74 Å². The van der Waals surface area contributed by atoms with E-state index in [0.29, 0.717) is 11.4 Å². The van der Waals surface area contributed by atoms with Crippen LogP contribution in [0.4, 0.5) is 5.69 Å². The molecule has 25 heavy (non-hydrogen) atoms. The Morgan fingerprint density at radius 2 is 1.64 bits per heavy atom. The van der Waals surface area contributed by atoms with E-state index in [9.17, 15) is 13.5 Å². The van der Waals surface area contributed by atoms with Gasteiger partial charge in [-0.25, -0.2) is 8.42 Å². The van der Waals surface area contributed by atoms with Crippen molar-refractivity contribution in [2.45, 2.75) is 26.9 Å². The van der Waals surface area contributed by atoms with Gasteiger partial charge in [0.2, 0.25) is 10.0 Å². The molecule has 0 aliphatic heterocycles. The largest absolute Gasteiger partial charge is 0.491 e. The Morgan fingerprint density at radius 3 is 2.16 bits per heavy atom. The fourth-order valence-electron chi connectivity index (χ4n) is 2.91. The number of sulfonamides is 1. The summed E-state index contributed by atoms with van der Waals surface area (Å²) in [6.07, 6.45) is 0.200. The summed E-state index contributed by atoms with van der Waals surface area (Å²) in [5, 5.41) is 10.3. The number of rotatable bonds is 7. The fourth-order valence-corrected chi connectivity index (χ4v) is 3.97. The van der Waals surface area contributed by atoms with Gasteiger partial charge in [0.1, 0.15) is 18.5 Å². The number of benzene rings is 2. The van der Waals surface area contributed by atoms with Crippen LogP contribution in [0.2, 0.25) is 0 Å². The van der Waals surface area contributed by atoms with Gasteiger partial charge >= 0.3 is 0 Å². The van der Waals surface area contributed by atoms with E-state index in [1.807, 2.05) is 51.1 Å². The molecule has 0 saturated heterocycles. The lowest BCUT2D eigenvalue weighted by Crippen LogP contribution is -2.40. The van der Waals surface area contributed by atoms with Gasteiger partial charge in [0.05, 0.1) is 18.5 Å². The number of nitrogens with zero attached hydrogens (tertiary/aromatic N) is 1. The average Bonchev–Trinajstić information content (AvgIpc) is 2.51. The van der Waals surface area contributed by atoms with E-state index in [1.54, 1.807) is 12.1 Å². The van der Waals surface area contributed by atoms with Crippen molar-refractivity contribution in [2.24, 2.45) is 0 Å². The predicted octanol–water partition coefficient (Wildman–Crippen LogP) is 2.82. The molecular weight excluding hydrogens is 338 g/mol. The van der Waals surface area contributed by atoms with E-state index in [0.717, 1.165) is 22.9 Å². The molecule has 0 spiro atoms. The molecule has 0 fully saturated rings. The van der Waals surface area contributed by atoms with E-state index in [-0.39, 0.29) is 13.2 Å². The Labute approximate surface area is 149 Å². The van der Waals surface area contributed by atoms with Crippen molar-refractivity contribution in [3.05, 3.63) is 59.2 Å². The number of para-hydroxylation sites is 1. The number of aliphatic hydroxyl groups excluding tert-OH is 1. The molecule has 2 aromatic carbocycles. The molecule has 136 valence electrons. The Hall–Kier alpha value is -2.05. The molecule has 0 aliphatic rings. The van der Waals surface area contributed by atoms with Gasteiger partial charge in [-0.3, -0.25) is 4.31 Å². The van der Waals surface area contributed by atoms with Gasteiger partial charge < -0.3 is 9.84 Å². The van der Waals surface area contributed by atoms with Crippen molar-refractivity contribution < 1.29 is 18.3 Å². The summed E-state index contributed by atoms with van der Waals surface area (Å²) < 4.78 is 31.4. The van der Waals surface area contributed by atoms with Crippen molar-refractivity contribution in [3.63, 3.8) is 0 Å². The summed E-state index contributed by atoms with van der Waals surface area (Å²) in [7, 11) is -3.54. The molecule has 0 aliphatic carbocycles. The Kier molecular flexibility index (Phi) is 6.08. The van der Waals surface area contributed by atoms with Crippen LogP contribution >= 0.6 is 0 Å². The number of hydrogen-bond donors (Lipinski definition) is 1. The van der Waals surface area contributed by atoms with Crippen LogP contribution < -0.4 is 9.04 Å². The van der Waals surface area contributed by atoms with Crippen LogP contribution in [0.15, 0.2) is 42.5 Å². The quantitative estimate of drug-likeness (QED) is 0.821. The Bertz CT molecular complexity index is 796. The van der Waals surface area contributed by atoms with Crippen molar-refractivity contribution >= 4 is 15.7 Å². The highest BCUT2D eigenvalue weighted by Crippen LogP contribution is 2.28. The third kappa shape index (κ3) is 5.21. The minimum atomic E-state index is -3.54. The number of aliphatic hydroxyl groups is 1. The predicted molar refractivity (Wildman–Crippen MR) is 101 cm³/mol. The molecule has 2 aromatic rings. The molecule has 1 unspecified atom stereocenters. The van der Waals surface area contributed by atoms with Gasteiger partial charge in [-0.1, -0.05) is 35.9 Å². The van der Waals surface area contributed by atoms with Crippen molar-refractivity contribution in [3.8, 4) is 5.75 Å². The molecule has 1 atom stereocenters. The first kappa shape index (κ1) is 19.3. The third-order valence-electron chi connectivity index (χ3n) is 3.85. The Morgan fingerprint density at radius 1 is 1.08 bits per heavy atom. The summed E-state index contributed by atoms with van der Waals surface area (Å²) in [6.45, 7) is 5.67. The Balaban J connectivity index is 2.19. The van der Waals surface area contributed by atoms with Crippen LogP contribution in [-0.4, -0.2) is 39.0 Å². The zero-order valence-electron chi connectivity index (χ0n) is 15.1. The van der Waals surface area contributed by atoms with Crippen LogP contribution in [0.5, 0.6) is 5.75 Å². The van der Waals surface area contributed by atoms with E-state index in [1.165, 1.54) is 4.31 Å². The second-order valence-electron chi connectivity index (χ2n) is 6.32. The molecule has 2 rings (SSSR count). The van der Waals surface area contributed by atoms with Crippen LogP contribution in [0.1, 0.15) is 16.7 Å². The maximum absolute atomic E-state index is 12.3. The number of aryl methyl sites for hydroxylation is 3. The standard InChI is InChI=1S/C19H25NO4S/c1-14-10-15(2)19(16(3)11-14)20(25(4,22)23)12-17(21)13-24-18-8-6-5-7-9-18/h5-11,17,21H,12-13H2,1-4H3. The minimum absolute atomic E-state index is 0.0139. The van der Waals surface area contributed by atoms with Gasteiger partial charge in [-0.15, -0.1) is 0 Å². The van der Waals surface area contributed by atoms with Gasteiger partial charge in [0, 0.05) is 0 Å². The zero-order chi connectivity index (χ0) is 18.6. The first-order valence-electron chi connectivity index (χ1n) is 8.10. The monoisotopic (exact) mass is 363 g/mol. The fraction of sp³-hybridized carbons (Fsp3) is 0.368. The number of anilines is 1. The van der Waals surface area contributed by atoms with Gasteiger partial charge in [0.15, 0.2) is 0 Å². The SMILES string of the molecule is Cc1cc(C)c(N(CC(O)COc2ccccc2)S(C)(=O)=O)c(C)c1. The second-order valence-corrected chi connectivity index (χ2v) is 8.23. The summed E-state index contributed by atoms with van der Waals surface area (Å²) >= 11 is 0. The van der Waals surface area contributed by atoms with Gasteiger partial charge in [0.25, 0.3) is 0 Å². The summed E-state index contributed by atoms with van der Waals surface area (Å²) in [6, 6.07) is 13.0. The molecule has 0 bridgehead atoms. The second kappa shape index (κ2) is 7.89. The lowest BCUT2D eigenvalue weighted by atomic mass is 10.0. The molecule has 0 aromatic heterocycles. The third-order valence-corrected chi connectivity index (χ3v) is 4.98. The lowest BCUT2D eigenvalue weighted by Gasteiger charge is -2.28. The van der Waals surface area contributed by atoms with Crippen LogP contribution in [0.3, 0.4) is 0 Å². The average molecular weight is 363 g/mol. The first-order chi connectivity index (χ1) is 11.7. The maximum Gasteiger partial charge on any atom is 0.232 e. The van der Waals surface area contributed by atoms with Crippen molar-refractivity contribution in [2.75, 3.05) is 23.7 Å². The summed E-state index contributed by atoms with van der Waals surface area (Å²) in [5.74, 6) is 0.634. The molecule has 5 nitrogen and oxygen atoms in total. The van der Waals surface area contributed by atoms with Crippen molar-refractivity contribution in [1.82, 2.24) is 0 Å². The molecule has 6 heteroatoms. The van der Waals surface area contributed by atoms with E-state index in [2.05, 4.69) is 0 Å². The molecular formula is C19H25NO4S. The number of hydrogen-bond acceptors (Lipinski definition) is 4. The molecule has 0 saturated carbocycles. The highest BCUT2D eigenvalue weighted by molar-refractivity contribution is 7.92. The summed E-state index contributed by atoms with van der Waals surface area (Å²) in [4.78, 5) is 0. The van der Waals surface area contributed by atoms with Crippen molar-refractivity contribution in [1.29, 1.82) is 0 Å². The normalized spacial score (nSPS) is 12.7. The molecule has 0 heterocycles. The van der Waals surface area contributed by atoms with E-state index < -0.39 is 16.1 Å². The van der Waals surface area contributed by atoms with E-state index >= 15 is 0 Å². The smallest absolute Gasteiger partial charge is 0.232 e. The molecule has 0 radical (unpaired) electrons. The zero-order valence-corrected chi connectivity index (χ0v) is 15.9. The minimum Gasteiger partial charge on any atom is -0.491 e. The first-order valence-corrected chi connectivity index (χ1v) is 9.95. The highest BCUT2D eigenvalue weighted by Gasteiger charge is 2.24. The maximum atomic E-state index is 12.3. The number of ether oxygens (including phenoxy) is 1.